The molecule has 0 heterocycles. The Hall–Kier alpha value is -2.06. The summed E-state index contributed by atoms with van der Waals surface area (Å²) in [6.45, 7) is 1.58. The molecule has 1 atom stereocenters. The maximum absolute atomic E-state index is 12.2. The Morgan fingerprint density at radius 2 is 2.09 bits per heavy atom. The van der Waals surface area contributed by atoms with Gasteiger partial charge < -0.3 is 9.64 Å². The third-order valence-corrected chi connectivity index (χ3v) is 3.89. The van der Waals surface area contributed by atoms with Crippen molar-refractivity contribution < 1.29 is 14.3 Å². The van der Waals surface area contributed by atoms with Crippen molar-refractivity contribution in [2.75, 3.05) is 13.7 Å². The van der Waals surface area contributed by atoms with Crippen molar-refractivity contribution >= 4 is 23.5 Å². The van der Waals surface area contributed by atoms with Gasteiger partial charge in [0.2, 0.25) is 5.91 Å². The van der Waals surface area contributed by atoms with Gasteiger partial charge in [0.15, 0.2) is 6.61 Å². The van der Waals surface area contributed by atoms with Gasteiger partial charge >= 0.3 is 5.97 Å². The summed E-state index contributed by atoms with van der Waals surface area (Å²) in [5.74, 6) is -0.684. The number of likely N-dealkylation sites (N-methyl/N-ethyl adjacent to an activating group) is 1. The Morgan fingerprint density at radius 1 is 1.39 bits per heavy atom. The molecule has 0 radical (unpaired) electrons. The van der Waals surface area contributed by atoms with Crippen LogP contribution in [0.3, 0.4) is 0 Å². The van der Waals surface area contributed by atoms with Crippen LogP contribution in [0.2, 0.25) is 5.02 Å². The molecule has 0 aliphatic rings. The number of amides is 1. The first-order valence-corrected chi connectivity index (χ1v) is 7.91. The number of hydrogen-bond donors (Lipinski definition) is 0. The third-order valence-electron chi connectivity index (χ3n) is 3.52. The lowest BCUT2D eigenvalue weighted by Crippen LogP contribution is -2.43. The van der Waals surface area contributed by atoms with Gasteiger partial charge in [0.25, 0.3) is 0 Å². The number of nitriles is 1. The fraction of sp³-hybridized carbons (Fsp3) is 0.471. The molecule has 1 aromatic rings. The van der Waals surface area contributed by atoms with Crippen molar-refractivity contribution in [1.82, 2.24) is 4.90 Å². The summed E-state index contributed by atoms with van der Waals surface area (Å²) in [6.07, 6.45) is 1.99. The average molecular weight is 337 g/mol. The number of rotatable bonds is 8. The maximum atomic E-state index is 12.2. The van der Waals surface area contributed by atoms with E-state index in [-0.39, 0.29) is 12.5 Å². The summed E-state index contributed by atoms with van der Waals surface area (Å²) in [6, 6.07) is 8.41. The van der Waals surface area contributed by atoms with Gasteiger partial charge in [-0.1, -0.05) is 36.7 Å². The van der Waals surface area contributed by atoms with Crippen molar-refractivity contribution in [3.05, 3.63) is 34.9 Å². The van der Waals surface area contributed by atoms with Crippen LogP contribution in [0.5, 0.6) is 0 Å². The molecule has 6 heteroatoms. The van der Waals surface area contributed by atoms with E-state index in [9.17, 15) is 9.59 Å². The SMILES string of the molecule is CCCC(=O)N(C)[C@@H](CCc1ccccc1Cl)C(=O)OCC#N. The number of carbonyl (C=O) groups is 2. The Morgan fingerprint density at radius 3 is 2.70 bits per heavy atom. The number of esters is 1. The Bertz CT molecular complexity index is 583. The fourth-order valence-electron chi connectivity index (χ4n) is 2.23. The number of ether oxygens (including phenoxy) is 1. The molecule has 1 aromatic carbocycles. The molecule has 0 N–H and O–H groups in total. The van der Waals surface area contributed by atoms with Crippen molar-refractivity contribution in [2.24, 2.45) is 0 Å². The molecular formula is C17H21ClN2O3. The van der Waals surface area contributed by atoms with E-state index in [0.29, 0.717) is 30.7 Å². The summed E-state index contributed by atoms with van der Waals surface area (Å²) in [4.78, 5) is 25.6. The van der Waals surface area contributed by atoms with Crippen molar-refractivity contribution in [2.45, 2.75) is 38.6 Å². The molecule has 0 aromatic heterocycles. The first-order chi connectivity index (χ1) is 11.0. The van der Waals surface area contributed by atoms with Gasteiger partial charge in [-0.2, -0.15) is 5.26 Å². The van der Waals surface area contributed by atoms with Gasteiger partial charge in [0, 0.05) is 18.5 Å². The van der Waals surface area contributed by atoms with Gasteiger partial charge in [-0.15, -0.1) is 0 Å². The van der Waals surface area contributed by atoms with Gasteiger partial charge in [0.1, 0.15) is 12.1 Å². The second-order valence-electron chi connectivity index (χ2n) is 5.17. The second kappa shape index (κ2) is 9.86. The monoisotopic (exact) mass is 336 g/mol. The van der Waals surface area contributed by atoms with Gasteiger partial charge in [-0.25, -0.2) is 4.79 Å². The molecule has 0 aliphatic carbocycles. The van der Waals surface area contributed by atoms with E-state index in [2.05, 4.69) is 0 Å². The van der Waals surface area contributed by atoms with E-state index in [0.717, 1.165) is 5.56 Å². The van der Waals surface area contributed by atoms with Gasteiger partial charge in [0.05, 0.1) is 0 Å². The lowest BCUT2D eigenvalue weighted by atomic mass is 10.0. The lowest BCUT2D eigenvalue weighted by Gasteiger charge is -2.26. The molecule has 0 bridgehead atoms. The number of aryl methyl sites for hydroxylation is 1. The zero-order valence-corrected chi connectivity index (χ0v) is 14.2. The molecule has 0 spiro atoms. The van der Waals surface area contributed by atoms with Crippen molar-refractivity contribution in [3.63, 3.8) is 0 Å². The average Bonchev–Trinajstić information content (AvgIpc) is 2.54. The van der Waals surface area contributed by atoms with Crippen LogP contribution >= 0.6 is 11.6 Å². The predicted molar refractivity (Wildman–Crippen MR) is 87.8 cm³/mol. The van der Waals surface area contributed by atoms with Crippen LogP contribution < -0.4 is 0 Å². The molecule has 0 aliphatic heterocycles. The second-order valence-corrected chi connectivity index (χ2v) is 5.57. The normalized spacial score (nSPS) is 11.4. The fourth-order valence-corrected chi connectivity index (χ4v) is 2.46. The number of hydrogen-bond acceptors (Lipinski definition) is 4. The van der Waals surface area contributed by atoms with Crippen LogP contribution in [-0.2, 0) is 20.7 Å². The van der Waals surface area contributed by atoms with E-state index in [1.165, 1.54) is 4.90 Å². The topological polar surface area (TPSA) is 70.4 Å². The first-order valence-electron chi connectivity index (χ1n) is 7.53. The molecule has 1 amide bonds. The zero-order chi connectivity index (χ0) is 17.2. The molecule has 5 nitrogen and oxygen atoms in total. The Kier molecular flexibility index (Phi) is 8.14. The van der Waals surface area contributed by atoms with E-state index in [1.54, 1.807) is 19.2 Å². The highest BCUT2D eigenvalue weighted by atomic mass is 35.5. The summed E-state index contributed by atoms with van der Waals surface area (Å²) >= 11 is 6.12. The molecule has 0 saturated carbocycles. The van der Waals surface area contributed by atoms with E-state index >= 15 is 0 Å². The highest BCUT2D eigenvalue weighted by Gasteiger charge is 2.27. The number of benzene rings is 1. The largest absolute Gasteiger partial charge is 0.449 e. The molecular weight excluding hydrogens is 316 g/mol. The lowest BCUT2D eigenvalue weighted by molar-refractivity contribution is -0.153. The van der Waals surface area contributed by atoms with Gasteiger partial charge in [-0.05, 0) is 30.9 Å². The molecule has 1 rings (SSSR count). The van der Waals surface area contributed by atoms with E-state index < -0.39 is 12.0 Å². The minimum Gasteiger partial charge on any atom is -0.449 e. The predicted octanol–water partition coefficient (Wildman–Crippen LogP) is 2.97. The molecule has 124 valence electrons. The Labute approximate surface area is 141 Å². The summed E-state index contributed by atoms with van der Waals surface area (Å²) in [7, 11) is 1.59. The molecule has 0 unspecified atom stereocenters. The minimum absolute atomic E-state index is 0.120. The quantitative estimate of drug-likeness (QED) is 0.684. The van der Waals surface area contributed by atoms with Crippen molar-refractivity contribution in [1.29, 1.82) is 5.26 Å². The summed E-state index contributed by atoms with van der Waals surface area (Å²) < 4.78 is 4.89. The standard InChI is InChI=1S/C17H21ClN2O3/c1-3-6-16(21)20(2)15(17(22)23-12-11-19)10-9-13-7-4-5-8-14(13)18/h4-5,7-8,15H,3,6,9-10,12H2,1-2H3/t15-/m0/s1. The number of nitrogens with zero attached hydrogens (tertiary/aromatic N) is 2. The van der Waals surface area contributed by atoms with Crippen LogP contribution in [0.25, 0.3) is 0 Å². The number of carbonyl (C=O) groups excluding carboxylic acids is 2. The molecule has 0 saturated heterocycles. The van der Waals surface area contributed by atoms with E-state index in [4.69, 9.17) is 21.6 Å². The van der Waals surface area contributed by atoms with Crippen LogP contribution in [0.4, 0.5) is 0 Å². The smallest absolute Gasteiger partial charge is 0.329 e. The van der Waals surface area contributed by atoms with Crippen molar-refractivity contribution in [3.8, 4) is 6.07 Å². The number of halogens is 1. The molecule has 0 fully saturated rings. The summed E-state index contributed by atoms with van der Waals surface area (Å²) in [5.41, 5.74) is 0.906. The van der Waals surface area contributed by atoms with Crippen LogP contribution in [0.1, 0.15) is 31.7 Å². The maximum Gasteiger partial charge on any atom is 0.329 e. The van der Waals surface area contributed by atoms with Crippen LogP contribution in [0.15, 0.2) is 24.3 Å². The summed E-state index contributed by atoms with van der Waals surface area (Å²) in [5, 5.41) is 9.17. The Balaban J connectivity index is 2.82. The first kappa shape index (κ1) is 19.0. The zero-order valence-electron chi connectivity index (χ0n) is 13.4. The van der Waals surface area contributed by atoms with E-state index in [1.807, 2.05) is 25.1 Å². The van der Waals surface area contributed by atoms with Crippen LogP contribution in [-0.4, -0.2) is 36.5 Å². The molecule has 23 heavy (non-hydrogen) atoms. The van der Waals surface area contributed by atoms with Gasteiger partial charge in [-0.3, -0.25) is 4.79 Å². The highest BCUT2D eigenvalue weighted by Crippen LogP contribution is 2.19. The van der Waals surface area contributed by atoms with Crippen LogP contribution in [0, 0.1) is 11.3 Å². The highest BCUT2D eigenvalue weighted by molar-refractivity contribution is 6.31. The third kappa shape index (κ3) is 5.91. The minimum atomic E-state index is -0.723.